The van der Waals surface area contributed by atoms with Crippen LogP contribution in [0.4, 0.5) is 0 Å². The number of hydrogen-bond acceptors (Lipinski definition) is 6. The topological polar surface area (TPSA) is 96.9 Å². The number of carbonyl (C=O) groups is 2. The Hall–Kier alpha value is -2.78. The molecule has 0 saturated carbocycles. The van der Waals surface area contributed by atoms with Crippen molar-refractivity contribution in [2.24, 2.45) is 0 Å². The molecular formula is C21H23N3O5S. The second kappa shape index (κ2) is 8.16. The summed E-state index contributed by atoms with van der Waals surface area (Å²) in [5, 5.41) is 0. The first kappa shape index (κ1) is 20.5. The molecule has 1 saturated heterocycles. The number of fused-ring (bicyclic) bond motifs is 1. The van der Waals surface area contributed by atoms with Crippen molar-refractivity contribution < 1.29 is 22.7 Å². The number of nitrogens with zero attached hydrogens (tertiary/aromatic N) is 3. The summed E-state index contributed by atoms with van der Waals surface area (Å²) in [5.41, 5.74) is 2.53. The number of benzene rings is 1. The molecule has 0 bridgehead atoms. The molecule has 8 nitrogen and oxygen atoms in total. The van der Waals surface area contributed by atoms with E-state index in [0.29, 0.717) is 4.90 Å². The minimum Gasteiger partial charge on any atom is -0.464 e. The fourth-order valence-corrected chi connectivity index (χ4v) is 5.40. The maximum atomic E-state index is 13.0. The molecule has 0 unspecified atom stereocenters. The van der Waals surface area contributed by atoms with Gasteiger partial charge >= 0.3 is 5.97 Å². The van der Waals surface area contributed by atoms with Crippen LogP contribution in [0.2, 0.25) is 0 Å². The Labute approximate surface area is 175 Å². The molecule has 2 aromatic rings. The van der Waals surface area contributed by atoms with Gasteiger partial charge in [0, 0.05) is 26.2 Å². The van der Waals surface area contributed by atoms with Crippen molar-refractivity contribution in [3.8, 4) is 0 Å². The Balaban J connectivity index is 1.44. The third-order valence-corrected chi connectivity index (χ3v) is 7.49. The average molecular weight is 429 g/mol. The molecule has 2 heterocycles. The SMILES string of the molecule is COC(=O)c1cccc(C(=O)N2CCN(S(=O)(=O)c3ccc4c(c3)CCC4)CC2)n1. The average Bonchev–Trinajstić information content (AvgIpc) is 3.26. The number of ether oxygens (including phenoxy) is 1. The van der Waals surface area contributed by atoms with E-state index in [4.69, 9.17) is 0 Å². The monoisotopic (exact) mass is 429 g/mol. The van der Waals surface area contributed by atoms with Gasteiger partial charge in [0.25, 0.3) is 5.91 Å². The first-order valence-corrected chi connectivity index (χ1v) is 11.3. The fourth-order valence-electron chi connectivity index (χ4n) is 3.92. The van der Waals surface area contributed by atoms with E-state index in [1.807, 2.05) is 6.07 Å². The van der Waals surface area contributed by atoms with Crippen molar-refractivity contribution in [2.45, 2.75) is 24.2 Å². The number of sulfonamides is 1. The zero-order chi connectivity index (χ0) is 21.3. The fraction of sp³-hybridized carbons (Fsp3) is 0.381. The summed E-state index contributed by atoms with van der Waals surface area (Å²) in [4.78, 5) is 30.3. The van der Waals surface area contributed by atoms with Gasteiger partial charge in [-0.3, -0.25) is 4.79 Å². The van der Waals surface area contributed by atoms with Gasteiger partial charge in [0.05, 0.1) is 12.0 Å². The molecule has 1 aromatic heterocycles. The second-order valence-electron chi connectivity index (χ2n) is 7.38. The van der Waals surface area contributed by atoms with Crippen LogP contribution in [0.5, 0.6) is 0 Å². The number of carbonyl (C=O) groups excluding carboxylic acids is 2. The van der Waals surface area contributed by atoms with Gasteiger partial charge in [-0.1, -0.05) is 12.1 Å². The summed E-state index contributed by atoms with van der Waals surface area (Å²) >= 11 is 0. The number of hydrogen-bond donors (Lipinski definition) is 0. The minimum atomic E-state index is -3.60. The van der Waals surface area contributed by atoms with Gasteiger partial charge in [0.1, 0.15) is 11.4 Å². The van der Waals surface area contributed by atoms with E-state index >= 15 is 0 Å². The lowest BCUT2D eigenvalue weighted by atomic mass is 10.1. The highest BCUT2D eigenvalue weighted by Crippen LogP contribution is 2.26. The lowest BCUT2D eigenvalue weighted by molar-refractivity contribution is 0.0593. The predicted molar refractivity (Wildman–Crippen MR) is 109 cm³/mol. The Kier molecular flexibility index (Phi) is 5.57. The van der Waals surface area contributed by atoms with Crippen LogP contribution < -0.4 is 0 Å². The predicted octanol–water partition coefficient (Wildman–Crippen LogP) is 1.50. The molecule has 1 amide bonds. The number of rotatable bonds is 4. The number of piperazine rings is 1. The molecule has 4 rings (SSSR count). The molecule has 1 aliphatic heterocycles. The zero-order valence-electron chi connectivity index (χ0n) is 16.7. The minimum absolute atomic E-state index is 0.0566. The lowest BCUT2D eigenvalue weighted by Gasteiger charge is -2.34. The number of aromatic nitrogens is 1. The Morgan fingerprint density at radius 3 is 2.40 bits per heavy atom. The van der Waals surface area contributed by atoms with E-state index in [1.54, 1.807) is 23.1 Å². The molecule has 0 atom stereocenters. The van der Waals surface area contributed by atoms with Gasteiger partial charge in [-0.15, -0.1) is 0 Å². The van der Waals surface area contributed by atoms with E-state index in [0.717, 1.165) is 24.8 Å². The molecule has 0 radical (unpaired) electrons. The summed E-state index contributed by atoms with van der Waals surface area (Å²) in [7, 11) is -2.35. The van der Waals surface area contributed by atoms with Crippen molar-refractivity contribution in [1.29, 1.82) is 0 Å². The largest absolute Gasteiger partial charge is 0.464 e. The standard InChI is InChI=1S/C21H23N3O5S/c1-29-21(26)19-7-3-6-18(22-19)20(25)23-10-12-24(13-11-23)30(27,28)17-9-8-15-4-2-5-16(15)14-17/h3,6-9,14H,2,4-5,10-13H2,1H3. The van der Waals surface area contributed by atoms with Crippen molar-refractivity contribution in [3.05, 3.63) is 58.9 Å². The molecule has 0 spiro atoms. The molecule has 30 heavy (non-hydrogen) atoms. The molecule has 2 aliphatic rings. The highest BCUT2D eigenvalue weighted by Gasteiger charge is 2.31. The Morgan fingerprint density at radius 2 is 1.67 bits per heavy atom. The maximum Gasteiger partial charge on any atom is 0.356 e. The van der Waals surface area contributed by atoms with E-state index in [9.17, 15) is 18.0 Å². The number of amides is 1. The first-order chi connectivity index (χ1) is 14.4. The molecule has 1 aromatic carbocycles. The Bertz CT molecular complexity index is 1090. The second-order valence-corrected chi connectivity index (χ2v) is 9.32. The van der Waals surface area contributed by atoms with Gasteiger partial charge in [-0.25, -0.2) is 18.2 Å². The first-order valence-electron chi connectivity index (χ1n) is 9.87. The zero-order valence-corrected chi connectivity index (χ0v) is 17.5. The molecular weight excluding hydrogens is 406 g/mol. The smallest absolute Gasteiger partial charge is 0.356 e. The number of esters is 1. The number of methoxy groups -OCH3 is 1. The van der Waals surface area contributed by atoms with Crippen LogP contribution in [0, 0.1) is 0 Å². The van der Waals surface area contributed by atoms with Crippen LogP contribution in [0.15, 0.2) is 41.3 Å². The van der Waals surface area contributed by atoms with E-state index < -0.39 is 16.0 Å². The maximum absolute atomic E-state index is 13.0. The molecule has 0 N–H and O–H groups in total. The van der Waals surface area contributed by atoms with Gasteiger partial charge < -0.3 is 9.64 Å². The summed E-state index contributed by atoms with van der Waals surface area (Å²) in [6.45, 7) is 0.934. The third-order valence-electron chi connectivity index (χ3n) is 5.60. The summed E-state index contributed by atoms with van der Waals surface area (Å²) in [5.74, 6) is -0.953. The molecule has 1 aliphatic carbocycles. The van der Waals surface area contributed by atoms with Gasteiger partial charge in [0.15, 0.2) is 0 Å². The molecule has 158 valence electrons. The summed E-state index contributed by atoms with van der Waals surface area (Å²) in [6.07, 6.45) is 2.98. The van der Waals surface area contributed by atoms with E-state index in [-0.39, 0.29) is 43.5 Å². The van der Waals surface area contributed by atoms with Crippen molar-refractivity contribution in [1.82, 2.24) is 14.2 Å². The van der Waals surface area contributed by atoms with Gasteiger partial charge in [-0.2, -0.15) is 4.31 Å². The van der Waals surface area contributed by atoms with Gasteiger partial charge in [-0.05, 0) is 54.7 Å². The van der Waals surface area contributed by atoms with Crippen molar-refractivity contribution in [3.63, 3.8) is 0 Å². The number of pyridine rings is 1. The summed E-state index contributed by atoms with van der Waals surface area (Å²) < 4.78 is 32.2. The lowest BCUT2D eigenvalue weighted by Crippen LogP contribution is -2.50. The molecule has 1 fully saturated rings. The van der Waals surface area contributed by atoms with Crippen LogP contribution in [0.25, 0.3) is 0 Å². The highest BCUT2D eigenvalue weighted by molar-refractivity contribution is 7.89. The van der Waals surface area contributed by atoms with Crippen molar-refractivity contribution >= 4 is 21.9 Å². The van der Waals surface area contributed by atoms with Crippen LogP contribution in [-0.4, -0.2) is 67.8 Å². The quantitative estimate of drug-likeness (QED) is 0.684. The third kappa shape index (κ3) is 3.82. The highest BCUT2D eigenvalue weighted by atomic mass is 32.2. The van der Waals surface area contributed by atoms with Gasteiger partial charge in [0.2, 0.25) is 10.0 Å². The van der Waals surface area contributed by atoms with Crippen LogP contribution in [0.1, 0.15) is 38.5 Å². The van der Waals surface area contributed by atoms with Crippen molar-refractivity contribution in [2.75, 3.05) is 33.3 Å². The van der Waals surface area contributed by atoms with Crippen LogP contribution in [0.3, 0.4) is 0 Å². The van der Waals surface area contributed by atoms with Crippen LogP contribution in [-0.2, 0) is 27.6 Å². The number of aryl methyl sites for hydroxylation is 2. The Morgan fingerprint density at radius 1 is 0.967 bits per heavy atom. The summed E-state index contributed by atoms with van der Waals surface area (Å²) in [6, 6.07) is 9.96. The van der Waals surface area contributed by atoms with Crippen LogP contribution >= 0.6 is 0 Å². The molecule has 9 heteroatoms. The van der Waals surface area contributed by atoms with E-state index in [2.05, 4.69) is 9.72 Å². The van der Waals surface area contributed by atoms with E-state index in [1.165, 1.54) is 29.1 Å². The normalized spacial score (nSPS) is 16.9.